The van der Waals surface area contributed by atoms with E-state index in [1.165, 1.54) is 12.1 Å². The minimum absolute atomic E-state index is 0.357. The van der Waals surface area contributed by atoms with Crippen molar-refractivity contribution in [1.29, 1.82) is 0 Å². The Kier molecular flexibility index (Phi) is 4.35. The summed E-state index contributed by atoms with van der Waals surface area (Å²) in [6.45, 7) is 5.01. The van der Waals surface area contributed by atoms with Gasteiger partial charge >= 0.3 is 6.18 Å². The molecule has 0 bridgehead atoms. The maximum Gasteiger partial charge on any atom is 0.416 e. The third-order valence-electron chi connectivity index (χ3n) is 2.00. The zero-order valence-corrected chi connectivity index (χ0v) is 9.34. The Labute approximate surface area is 93.2 Å². The van der Waals surface area contributed by atoms with Crippen LogP contribution in [0.2, 0.25) is 0 Å². The molecule has 1 aromatic rings. The molecule has 1 rings (SSSR count). The summed E-state index contributed by atoms with van der Waals surface area (Å²) >= 11 is 0. The van der Waals surface area contributed by atoms with Crippen LogP contribution in [0.25, 0.3) is 0 Å². The van der Waals surface area contributed by atoms with Crippen LogP contribution in [0.4, 0.5) is 13.2 Å². The van der Waals surface area contributed by atoms with E-state index in [1.54, 1.807) is 0 Å². The minimum Gasteiger partial charge on any atom is -0.377 e. The van der Waals surface area contributed by atoms with Crippen molar-refractivity contribution in [3.8, 4) is 0 Å². The van der Waals surface area contributed by atoms with Gasteiger partial charge in [0.2, 0.25) is 0 Å². The van der Waals surface area contributed by atoms with Gasteiger partial charge in [-0.2, -0.15) is 13.2 Å². The van der Waals surface area contributed by atoms with Crippen LogP contribution >= 0.6 is 0 Å². The highest BCUT2D eigenvalue weighted by Gasteiger charge is 2.29. The number of benzene rings is 1. The van der Waals surface area contributed by atoms with Crippen molar-refractivity contribution >= 4 is 0 Å². The van der Waals surface area contributed by atoms with Gasteiger partial charge in [0.05, 0.1) is 12.2 Å². The summed E-state index contributed by atoms with van der Waals surface area (Å²) in [5.41, 5.74) is 0.133. The van der Waals surface area contributed by atoms with Crippen LogP contribution in [0.1, 0.15) is 25.0 Å². The topological polar surface area (TPSA) is 9.23 Å². The van der Waals surface area contributed by atoms with Gasteiger partial charge in [-0.3, -0.25) is 0 Å². The highest BCUT2D eigenvalue weighted by atomic mass is 19.4. The molecule has 0 spiro atoms. The van der Waals surface area contributed by atoms with Crippen molar-refractivity contribution in [3.05, 3.63) is 35.4 Å². The van der Waals surface area contributed by atoms with Crippen LogP contribution in [0.3, 0.4) is 0 Å². The normalized spacial score (nSPS) is 12.1. The van der Waals surface area contributed by atoms with E-state index in [0.717, 1.165) is 17.7 Å². The standard InChI is InChI=1S/C12H15F3O/c1-9(2)7-16-8-10-3-5-11(6-4-10)12(13,14)15/h3-6,9H,7-8H2,1-2H3. The molecule has 0 N–H and O–H groups in total. The lowest BCUT2D eigenvalue weighted by Crippen LogP contribution is -2.05. The Morgan fingerprint density at radius 2 is 1.69 bits per heavy atom. The van der Waals surface area contributed by atoms with Crippen molar-refractivity contribution in [2.75, 3.05) is 6.61 Å². The van der Waals surface area contributed by atoms with E-state index in [4.69, 9.17) is 4.74 Å². The summed E-state index contributed by atoms with van der Waals surface area (Å²) < 4.78 is 42.1. The molecule has 0 aliphatic carbocycles. The number of halogens is 3. The lowest BCUT2D eigenvalue weighted by atomic mass is 10.1. The molecule has 4 heteroatoms. The van der Waals surface area contributed by atoms with Crippen molar-refractivity contribution < 1.29 is 17.9 Å². The maximum absolute atomic E-state index is 12.2. The first kappa shape index (κ1) is 13.0. The van der Waals surface area contributed by atoms with E-state index < -0.39 is 11.7 Å². The van der Waals surface area contributed by atoms with Gasteiger partial charge in [0.1, 0.15) is 0 Å². The van der Waals surface area contributed by atoms with Gasteiger partial charge in [0, 0.05) is 6.61 Å². The first-order valence-corrected chi connectivity index (χ1v) is 5.13. The van der Waals surface area contributed by atoms with Crippen molar-refractivity contribution in [3.63, 3.8) is 0 Å². The molecule has 0 aliphatic heterocycles. The van der Waals surface area contributed by atoms with E-state index >= 15 is 0 Å². The SMILES string of the molecule is CC(C)COCc1ccc(C(F)(F)F)cc1. The molecule has 16 heavy (non-hydrogen) atoms. The van der Waals surface area contributed by atoms with E-state index in [2.05, 4.69) is 0 Å². The third kappa shape index (κ3) is 4.23. The molecule has 0 radical (unpaired) electrons. The first-order chi connectivity index (χ1) is 7.39. The average molecular weight is 232 g/mol. The molecule has 0 atom stereocenters. The number of hydrogen-bond donors (Lipinski definition) is 0. The molecule has 0 fully saturated rings. The molecule has 0 saturated heterocycles. The fourth-order valence-electron chi connectivity index (χ4n) is 1.20. The Morgan fingerprint density at radius 3 is 2.12 bits per heavy atom. The Balaban J connectivity index is 2.52. The van der Waals surface area contributed by atoms with Crippen LogP contribution in [0, 0.1) is 5.92 Å². The lowest BCUT2D eigenvalue weighted by Gasteiger charge is -2.09. The average Bonchev–Trinajstić information content (AvgIpc) is 2.16. The molecule has 0 aliphatic rings. The van der Waals surface area contributed by atoms with E-state index in [1.807, 2.05) is 13.8 Å². The van der Waals surface area contributed by atoms with Crippen LogP contribution in [0.5, 0.6) is 0 Å². The van der Waals surface area contributed by atoms with Crippen molar-refractivity contribution in [2.24, 2.45) is 5.92 Å². The van der Waals surface area contributed by atoms with Crippen LogP contribution in [-0.2, 0) is 17.5 Å². The van der Waals surface area contributed by atoms with E-state index in [-0.39, 0.29) is 0 Å². The summed E-state index contributed by atoms with van der Waals surface area (Å²) in [5, 5.41) is 0. The summed E-state index contributed by atoms with van der Waals surface area (Å²) in [4.78, 5) is 0. The largest absolute Gasteiger partial charge is 0.416 e. The quantitative estimate of drug-likeness (QED) is 0.765. The zero-order valence-electron chi connectivity index (χ0n) is 9.34. The van der Waals surface area contributed by atoms with Gasteiger partial charge in [0.25, 0.3) is 0 Å². The highest BCUT2D eigenvalue weighted by molar-refractivity contribution is 5.24. The Hall–Kier alpha value is -1.03. The fraction of sp³-hybridized carbons (Fsp3) is 0.500. The third-order valence-corrected chi connectivity index (χ3v) is 2.00. The summed E-state index contributed by atoms with van der Waals surface area (Å²) in [6, 6.07) is 5.05. The molecular weight excluding hydrogens is 217 g/mol. The Bertz CT molecular complexity index is 314. The van der Waals surface area contributed by atoms with Gasteiger partial charge in [0.15, 0.2) is 0 Å². The van der Waals surface area contributed by atoms with Crippen molar-refractivity contribution in [2.45, 2.75) is 26.6 Å². The summed E-state index contributed by atoms with van der Waals surface area (Å²) in [7, 11) is 0. The first-order valence-electron chi connectivity index (χ1n) is 5.13. The molecule has 1 nitrogen and oxygen atoms in total. The van der Waals surface area contributed by atoms with Gasteiger partial charge in [-0.25, -0.2) is 0 Å². The molecule has 0 amide bonds. The molecular formula is C12H15F3O. The minimum atomic E-state index is -4.27. The highest BCUT2D eigenvalue weighted by Crippen LogP contribution is 2.29. The maximum atomic E-state index is 12.2. The number of ether oxygens (including phenoxy) is 1. The Morgan fingerprint density at radius 1 is 1.12 bits per heavy atom. The predicted octanol–water partition coefficient (Wildman–Crippen LogP) is 3.88. The smallest absolute Gasteiger partial charge is 0.377 e. The van der Waals surface area contributed by atoms with E-state index in [0.29, 0.717) is 19.1 Å². The van der Waals surface area contributed by atoms with Crippen LogP contribution in [-0.4, -0.2) is 6.61 Å². The molecule has 0 unspecified atom stereocenters. The summed E-state index contributed by atoms with van der Waals surface area (Å²) in [6.07, 6.45) is -4.27. The van der Waals surface area contributed by atoms with Crippen LogP contribution in [0.15, 0.2) is 24.3 Å². The second-order valence-electron chi connectivity index (χ2n) is 4.10. The van der Waals surface area contributed by atoms with Gasteiger partial charge in [-0.05, 0) is 23.6 Å². The zero-order chi connectivity index (χ0) is 12.2. The molecule has 0 aromatic heterocycles. The molecule has 0 saturated carbocycles. The second kappa shape index (κ2) is 5.34. The molecule has 90 valence electrons. The van der Waals surface area contributed by atoms with E-state index in [9.17, 15) is 13.2 Å². The molecule has 1 aromatic carbocycles. The second-order valence-corrected chi connectivity index (χ2v) is 4.10. The van der Waals surface area contributed by atoms with Crippen LogP contribution < -0.4 is 0 Å². The van der Waals surface area contributed by atoms with Crippen molar-refractivity contribution in [1.82, 2.24) is 0 Å². The number of hydrogen-bond acceptors (Lipinski definition) is 1. The predicted molar refractivity (Wildman–Crippen MR) is 55.9 cm³/mol. The number of alkyl halides is 3. The lowest BCUT2D eigenvalue weighted by molar-refractivity contribution is -0.137. The monoisotopic (exact) mass is 232 g/mol. The molecule has 0 heterocycles. The summed E-state index contributed by atoms with van der Waals surface area (Å²) in [5.74, 6) is 0.425. The van der Waals surface area contributed by atoms with Gasteiger partial charge in [-0.1, -0.05) is 26.0 Å². The number of rotatable bonds is 4. The fourth-order valence-corrected chi connectivity index (χ4v) is 1.20. The van der Waals surface area contributed by atoms with Gasteiger partial charge < -0.3 is 4.74 Å². The van der Waals surface area contributed by atoms with Gasteiger partial charge in [-0.15, -0.1) is 0 Å².